The van der Waals surface area contributed by atoms with Crippen molar-refractivity contribution < 1.29 is 5.11 Å². The maximum absolute atomic E-state index is 10.3. The second kappa shape index (κ2) is 8.71. The van der Waals surface area contributed by atoms with E-state index in [4.69, 9.17) is 0 Å². The summed E-state index contributed by atoms with van der Waals surface area (Å²) in [5.74, 6) is 1.94. The number of nitrogens with one attached hydrogen (secondary N) is 1. The van der Waals surface area contributed by atoms with E-state index < -0.39 is 5.60 Å². The Morgan fingerprint density at radius 3 is 2.45 bits per heavy atom. The van der Waals surface area contributed by atoms with Gasteiger partial charge in [0.2, 0.25) is 0 Å². The highest BCUT2D eigenvalue weighted by Gasteiger charge is 2.19. The van der Waals surface area contributed by atoms with E-state index in [0.717, 1.165) is 12.5 Å². The molecule has 0 saturated heterocycles. The van der Waals surface area contributed by atoms with E-state index in [0.29, 0.717) is 13.0 Å². The third-order valence-electron chi connectivity index (χ3n) is 3.23. The van der Waals surface area contributed by atoms with Gasteiger partial charge in [-0.1, -0.05) is 32.9 Å². The molecule has 0 saturated carbocycles. The van der Waals surface area contributed by atoms with E-state index in [1.165, 1.54) is 22.6 Å². The molecule has 2 N–H and O–H groups in total. The molecule has 2 nitrogen and oxygen atoms in total. The lowest BCUT2D eigenvalue weighted by molar-refractivity contribution is 0.0607. The van der Waals surface area contributed by atoms with Gasteiger partial charge in [0, 0.05) is 17.9 Å². The maximum atomic E-state index is 10.3. The van der Waals surface area contributed by atoms with Gasteiger partial charge >= 0.3 is 0 Å². The van der Waals surface area contributed by atoms with Crippen molar-refractivity contribution in [2.45, 2.75) is 51.0 Å². The lowest BCUT2D eigenvalue weighted by Gasteiger charge is -2.23. The van der Waals surface area contributed by atoms with E-state index in [9.17, 15) is 5.11 Å². The van der Waals surface area contributed by atoms with Crippen LogP contribution in [0.4, 0.5) is 0 Å². The van der Waals surface area contributed by atoms with Crippen LogP contribution in [0, 0.1) is 5.92 Å². The van der Waals surface area contributed by atoms with Crippen molar-refractivity contribution in [2.24, 2.45) is 5.92 Å². The third kappa shape index (κ3) is 7.32. The molecule has 0 aliphatic carbocycles. The molecule has 0 radical (unpaired) electrons. The van der Waals surface area contributed by atoms with Crippen LogP contribution in [0.1, 0.15) is 39.7 Å². The minimum absolute atomic E-state index is 0.633. The summed E-state index contributed by atoms with van der Waals surface area (Å²) in [6, 6.07) is 8.61. The molecular weight excluding hydrogens is 266 g/mol. The van der Waals surface area contributed by atoms with Crippen molar-refractivity contribution in [3.05, 3.63) is 29.8 Å². The zero-order chi connectivity index (χ0) is 15.0. The molecule has 1 atom stereocenters. The number of likely N-dealkylation sites (N-methyl/N-ethyl adjacent to an activating group) is 1. The highest BCUT2D eigenvalue weighted by Crippen LogP contribution is 2.22. The van der Waals surface area contributed by atoms with E-state index in [2.05, 4.69) is 50.4 Å². The molecule has 1 unspecified atom stereocenters. The number of thioether (sulfide) groups is 1. The summed E-state index contributed by atoms with van der Waals surface area (Å²) in [4.78, 5) is 1.32. The molecule has 1 aromatic carbocycles. The molecule has 1 aromatic rings. The Hall–Kier alpha value is -0.510. The van der Waals surface area contributed by atoms with Gasteiger partial charge in [-0.25, -0.2) is 0 Å². The van der Waals surface area contributed by atoms with Gasteiger partial charge in [-0.3, -0.25) is 0 Å². The summed E-state index contributed by atoms with van der Waals surface area (Å²) >= 11 is 1.91. The van der Waals surface area contributed by atoms with Gasteiger partial charge in [-0.05, 0) is 49.3 Å². The first kappa shape index (κ1) is 17.5. The molecule has 0 spiro atoms. The summed E-state index contributed by atoms with van der Waals surface area (Å²) in [5, 5.41) is 13.5. The highest BCUT2D eigenvalue weighted by atomic mass is 32.2. The van der Waals surface area contributed by atoms with Gasteiger partial charge in [-0.2, -0.15) is 0 Å². The Morgan fingerprint density at radius 1 is 1.25 bits per heavy atom. The van der Waals surface area contributed by atoms with E-state index >= 15 is 0 Å². The molecular formula is C17H29NOS. The number of hydrogen-bond acceptors (Lipinski definition) is 3. The van der Waals surface area contributed by atoms with Crippen LogP contribution in [0.3, 0.4) is 0 Å². The van der Waals surface area contributed by atoms with Gasteiger partial charge < -0.3 is 10.4 Å². The lowest BCUT2D eigenvalue weighted by Crippen LogP contribution is -2.39. The molecule has 0 aromatic heterocycles. The number of aliphatic hydroxyl groups is 1. The Balaban J connectivity index is 2.45. The van der Waals surface area contributed by atoms with Crippen LogP contribution in [0.25, 0.3) is 0 Å². The van der Waals surface area contributed by atoms with Crippen LogP contribution < -0.4 is 5.32 Å². The summed E-state index contributed by atoms with van der Waals surface area (Å²) in [6.07, 6.45) is 1.95. The van der Waals surface area contributed by atoms with Crippen molar-refractivity contribution in [1.29, 1.82) is 0 Å². The zero-order valence-electron chi connectivity index (χ0n) is 13.3. The van der Waals surface area contributed by atoms with Gasteiger partial charge in [-0.15, -0.1) is 11.8 Å². The van der Waals surface area contributed by atoms with Gasteiger partial charge in [0.1, 0.15) is 0 Å². The Kier molecular flexibility index (Phi) is 7.63. The Bertz CT molecular complexity index is 373. The van der Waals surface area contributed by atoms with Crippen molar-refractivity contribution in [1.82, 2.24) is 5.32 Å². The monoisotopic (exact) mass is 295 g/mol. The molecule has 0 amide bonds. The topological polar surface area (TPSA) is 32.3 Å². The average molecular weight is 295 g/mol. The second-order valence-corrected chi connectivity index (χ2v) is 7.30. The van der Waals surface area contributed by atoms with Crippen LogP contribution in [0.15, 0.2) is 29.2 Å². The van der Waals surface area contributed by atoms with Crippen LogP contribution in [-0.2, 0) is 6.42 Å². The quantitative estimate of drug-likeness (QED) is 0.681. The first-order valence-electron chi connectivity index (χ1n) is 7.58. The van der Waals surface area contributed by atoms with Gasteiger partial charge in [0.15, 0.2) is 0 Å². The van der Waals surface area contributed by atoms with Crippen molar-refractivity contribution >= 4 is 11.8 Å². The molecule has 0 fully saturated rings. The fourth-order valence-electron chi connectivity index (χ4n) is 2.01. The van der Waals surface area contributed by atoms with Crippen molar-refractivity contribution in [3.63, 3.8) is 0 Å². The molecule has 0 heterocycles. The number of hydrogen-bond donors (Lipinski definition) is 2. The highest BCUT2D eigenvalue weighted by molar-refractivity contribution is 7.99. The van der Waals surface area contributed by atoms with E-state index in [1.54, 1.807) is 0 Å². The second-order valence-electron chi connectivity index (χ2n) is 6.13. The SMILES string of the molecule is CCNCC(C)(O)Cc1ccc(SCCC(C)C)cc1. The van der Waals surface area contributed by atoms with Gasteiger partial charge in [0.25, 0.3) is 0 Å². The standard InChI is InChI=1S/C17H29NOS/c1-5-18-13-17(4,19)12-15-6-8-16(9-7-15)20-11-10-14(2)3/h6-9,14,18-19H,5,10-13H2,1-4H3. The minimum Gasteiger partial charge on any atom is -0.389 e. The fraction of sp³-hybridized carbons (Fsp3) is 0.647. The number of rotatable bonds is 9. The largest absolute Gasteiger partial charge is 0.389 e. The molecule has 0 aliphatic heterocycles. The van der Waals surface area contributed by atoms with Crippen molar-refractivity contribution in [3.8, 4) is 0 Å². The predicted octanol–water partition coefficient (Wildman–Crippen LogP) is 3.73. The summed E-state index contributed by atoms with van der Waals surface area (Å²) in [5.41, 5.74) is 0.517. The van der Waals surface area contributed by atoms with Crippen molar-refractivity contribution in [2.75, 3.05) is 18.8 Å². The summed E-state index contributed by atoms with van der Waals surface area (Å²) < 4.78 is 0. The van der Waals surface area contributed by atoms with Crippen LogP contribution >= 0.6 is 11.8 Å². The molecule has 114 valence electrons. The molecule has 0 bridgehead atoms. The lowest BCUT2D eigenvalue weighted by atomic mass is 9.96. The minimum atomic E-state index is -0.678. The third-order valence-corrected chi connectivity index (χ3v) is 4.27. The van der Waals surface area contributed by atoms with Gasteiger partial charge in [0.05, 0.1) is 5.60 Å². The predicted molar refractivity (Wildman–Crippen MR) is 89.5 cm³/mol. The molecule has 20 heavy (non-hydrogen) atoms. The first-order chi connectivity index (χ1) is 9.43. The Labute approximate surface area is 128 Å². The number of benzene rings is 1. The smallest absolute Gasteiger partial charge is 0.0783 e. The molecule has 0 aliphatic rings. The Morgan fingerprint density at radius 2 is 1.90 bits per heavy atom. The van der Waals surface area contributed by atoms with E-state index in [-0.39, 0.29) is 0 Å². The van der Waals surface area contributed by atoms with Crippen LogP contribution in [-0.4, -0.2) is 29.5 Å². The van der Waals surface area contributed by atoms with Crippen LogP contribution in [0.2, 0.25) is 0 Å². The first-order valence-corrected chi connectivity index (χ1v) is 8.56. The van der Waals surface area contributed by atoms with E-state index in [1.807, 2.05) is 18.7 Å². The molecule has 3 heteroatoms. The maximum Gasteiger partial charge on any atom is 0.0783 e. The van der Waals surface area contributed by atoms with Crippen LogP contribution in [0.5, 0.6) is 0 Å². The molecule has 1 rings (SSSR count). The zero-order valence-corrected chi connectivity index (χ0v) is 14.1. The fourth-order valence-corrected chi connectivity index (χ4v) is 3.17. The summed E-state index contributed by atoms with van der Waals surface area (Å²) in [7, 11) is 0. The summed E-state index contributed by atoms with van der Waals surface area (Å²) in [6.45, 7) is 9.99. The average Bonchev–Trinajstić information content (AvgIpc) is 2.38. The normalized spacial score (nSPS) is 14.5.